The number of H-pyrrole nitrogens is 1. The van der Waals surface area contributed by atoms with Crippen molar-refractivity contribution in [3.05, 3.63) is 42.0 Å². The zero-order valence-corrected chi connectivity index (χ0v) is 8.41. The summed E-state index contributed by atoms with van der Waals surface area (Å²) in [5, 5.41) is 12.0. The Morgan fingerprint density at radius 1 is 1.07 bits per heavy atom. The minimum atomic E-state index is 0.308. The highest BCUT2D eigenvalue weighted by Crippen LogP contribution is 2.32. The largest absolute Gasteiger partial charge is 0.506 e. The maximum atomic E-state index is 9.73. The molecule has 1 heterocycles. The van der Waals surface area contributed by atoms with Crippen molar-refractivity contribution in [2.45, 2.75) is 6.92 Å². The molecule has 3 rings (SSSR count). The van der Waals surface area contributed by atoms with Crippen LogP contribution in [-0.2, 0) is 0 Å². The molecular formula is C13H11NO. The monoisotopic (exact) mass is 197 g/mol. The van der Waals surface area contributed by atoms with Crippen LogP contribution in [0.2, 0.25) is 0 Å². The van der Waals surface area contributed by atoms with Crippen LogP contribution >= 0.6 is 0 Å². The predicted octanol–water partition coefficient (Wildman–Crippen LogP) is 3.34. The van der Waals surface area contributed by atoms with Crippen molar-refractivity contribution in [3.63, 3.8) is 0 Å². The number of aromatic nitrogens is 1. The molecule has 2 nitrogen and oxygen atoms in total. The molecule has 2 N–H and O–H groups in total. The van der Waals surface area contributed by atoms with Crippen molar-refractivity contribution >= 4 is 21.8 Å². The Morgan fingerprint density at radius 2 is 1.87 bits per heavy atom. The second-order valence-corrected chi connectivity index (χ2v) is 3.82. The van der Waals surface area contributed by atoms with E-state index in [2.05, 4.69) is 18.0 Å². The molecule has 0 aliphatic rings. The number of phenols is 1. The second kappa shape index (κ2) is 2.76. The number of nitrogens with one attached hydrogen (secondary N) is 1. The van der Waals surface area contributed by atoms with Crippen molar-refractivity contribution in [1.29, 1.82) is 0 Å². The van der Waals surface area contributed by atoms with E-state index in [0.29, 0.717) is 5.75 Å². The van der Waals surface area contributed by atoms with Crippen LogP contribution in [0.15, 0.2) is 36.4 Å². The third kappa shape index (κ3) is 1.05. The van der Waals surface area contributed by atoms with Gasteiger partial charge in [-0.2, -0.15) is 0 Å². The molecule has 0 bridgehead atoms. The summed E-state index contributed by atoms with van der Waals surface area (Å²) in [6.45, 7) is 2.08. The number of hydrogen-bond donors (Lipinski definition) is 2. The van der Waals surface area contributed by atoms with Gasteiger partial charge in [-0.15, -0.1) is 0 Å². The van der Waals surface area contributed by atoms with E-state index < -0.39 is 0 Å². The number of aromatic amines is 1. The van der Waals surface area contributed by atoms with E-state index in [1.807, 2.05) is 24.3 Å². The summed E-state index contributed by atoms with van der Waals surface area (Å²) in [5.74, 6) is 0.308. The highest BCUT2D eigenvalue weighted by Gasteiger charge is 2.08. The van der Waals surface area contributed by atoms with Gasteiger partial charge in [0.2, 0.25) is 0 Å². The maximum Gasteiger partial charge on any atom is 0.139 e. The lowest BCUT2D eigenvalue weighted by Gasteiger charge is -1.96. The lowest BCUT2D eigenvalue weighted by Crippen LogP contribution is -1.72. The van der Waals surface area contributed by atoms with E-state index in [1.165, 1.54) is 10.9 Å². The molecule has 0 atom stereocenters. The lowest BCUT2D eigenvalue weighted by atomic mass is 10.1. The third-order valence-electron chi connectivity index (χ3n) is 2.84. The zero-order chi connectivity index (χ0) is 10.4. The highest BCUT2D eigenvalue weighted by atomic mass is 16.3. The summed E-state index contributed by atoms with van der Waals surface area (Å²) in [4.78, 5) is 3.24. The Kier molecular flexibility index (Phi) is 1.54. The summed E-state index contributed by atoms with van der Waals surface area (Å²) in [5.41, 5.74) is 3.12. The standard InChI is InChI=1S/C13H11NO/c1-8-4-2-6-10-12(8)9-5-3-7-11(15)13(9)14-10/h2-7,14-15H,1H3. The van der Waals surface area contributed by atoms with Gasteiger partial charge in [-0.3, -0.25) is 0 Å². The average molecular weight is 197 g/mol. The molecule has 3 aromatic rings. The molecule has 0 fully saturated rings. The van der Waals surface area contributed by atoms with Gasteiger partial charge in [-0.1, -0.05) is 24.3 Å². The van der Waals surface area contributed by atoms with Crippen LogP contribution in [0.1, 0.15) is 5.56 Å². The Bertz CT molecular complexity index is 652. The van der Waals surface area contributed by atoms with E-state index in [1.54, 1.807) is 6.07 Å². The fourth-order valence-electron chi connectivity index (χ4n) is 2.14. The van der Waals surface area contributed by atoms with Crippen LogP contribution in [0.5, 0.6) is 5.75 Å². The Morgan fingerprint density at radius 3 is 2.73 bits per heavy atom. The van der Waals surface area contributed by atoms with E-state index in [4.69, 9.17) is 0 Å². The fourth-order valence-corrected chi connectivity index (χ4v) is 2.14. The summed E-state index contributed by atoms with van der Waals surface area (Å²) in [7, 11) is 0. The van der Waals surface area contributed by atoms with Crippen LogP contribution in [0.3, 0.4) is 0 Å². The number of para-hydroxylation sites is 1. The van der Waals surface area contributed by atoms with Crippen molar-refractivity contribution in [2.24, 2.45) is 0 Å². The number of aromatic hydroxyl groups is 1. The van der Waals surface area contributed by atoms with Crippen LogP contribution in [0.4, 0.5) is 0 Å². The smallest absolute Gasteiger partial charge is 0.139 e. The number of aryl methyl sites for hydroxylation is 1. The maximum absolute atomic E-state index is 9.73. The molecule has 0 spiro atoms. The summed E-state index contributed by atoms with van der Waals surface area (Å²) in [6, 6.07) is 11.7. The molecule has 2 aromatic carbocycles. The van der Waals surface area contributed by atoms with Gasteiger partial charge in [0.15, 0.2) is 0 Å². The van der Waals surface area contributed by atoms with Crippen LogP contribution < -0.4 is 0 Å². The number of rotatable bonds is 0. The van der Waals surface area contributed by atoms with Crippen molar-refractivity contribution in [2.75, 3.05) is 0 Å². The second-order valence-electron chi connectivity index (χ2n) is 3.82. The van der Waals surface area contributed by atoms with E-state index in [-0.39, 0.29) is 0 Å². The van der Waals surface area contributed by atoms with Crippen molar-refractivity contribution in [3.8, 4) is 5.75 Å². The molecule has 0 aliphatic heterocycles. The molecule has 0 radical (unpaired) electrons. The van der Waals surface area contributed by atoms with Crippen LogP contribution in [0, 0.1) is 6.92 Å². The number of fused-ring (bicyclic) bond motifs is 3. The van der Waals surface area contributed by atoms with E-state index in [9.17, 15) is 5.11 Å². The van der Waals surface area contributed by atoms with E-state index in [0.717, 1.165) is 16.4 Å². The number of phenolic OH excluding ortho intramolecular Hbond substituents is 1. The van der Waals surface area contributed by atoms with Gasteiger partial charge < -0.3 is 10.1 Å². The molecule has 1 aromatic heterocycles. The summed E-state index contributed by atoms with van der Waals surface area (Å²) >= 11 is 0. The average Bonchev–Trinajstić information content (AvgIpc) is 2.59. The third-order valence-corrected chi connectivity index (χ3v) is 2.84. The zero-order valence-electron chi connectivity index (χ0n) is 8.41. The highest BCUT2D eigenvalue weighted by molar-refractivity contribution is 6.10. The Labute approximate surface area is 87.2 Å². The van der Waals surface area contributed by atoms with Crippen LogP contribution in [0.25, 0.3) is 21.8 Å². The first-order chi connectivity index (χ1) is 7.27. The summed E-state index contributed by atoms with van der Waals surface area (Å²) < 4.78 is 0. The summed E-state index contributed by atoms with van der Waals surface area (Å²) in [6.07, 6.45) is 0. The van der Waals surface area contributed by atoms with Gasteiger partial charge in [0, 0.05) is 16.3 Å². The normalized spacial score (nSPS) is 11.3. The van der Waals surface area contributed by atoms with Gasteiger partial charge in [-0.05, 0) is 24.6 Å². The first kappa shape index (κ1) is 8.36. The number of hydrogen-bond acceptors (Lipinski definition) is 1. The minimum Gasteiger partial charge on any atom is -0.506 e. The molecule has 0 saturated carbocycles. The minimum absolute atomic E-state index is 0.308. The first-order valence-electron chi connectivity index (χ1n) is 4.96. The quantitative estimate of drug-likeness (QED) is 0.569. The van der Waals surface area contributed by atoms with Crippen LogP contribution in [-0.4, -0.2) is 10.1 Å². The SMILES string of the molecule is Cc1cccc2[nH]c3c(O)cccc3c12. The van der Waals surface area contributed by atoms with Gasteiger partial charge in [-0.25, -0.2) is 0 Å². The molecule has 74 valence electrons. The van der Waals surface area contributed by atoms with E-state index >= 15 is 0 Å². The Balaban J connectivity index is 2.65. The molecule has 0 saturated heterocycles. The number of benzene rings is 2. The van der Waals surface area contributed by atoms with Crippen molar-refractivity contribution in [1.82, 2.24) is 4.98 Å². The van der Waals surface area contributed by atoms with Crippen molar-refractivity contribution < 1.29 is 5.11 Å². The lowest BCUT2D eigenvalue weighted by molar-refractivity contribution is 0.480. The molecule has 0 unspecified atom stereocenters. The molecule has 15 heavy (non-hydrogen) atoms. The molecule has 2 heteroatoms. The first-order valence-corrected chi connectivity index (χ1v) is 4.96. The Hall–Kier alpha value is -1.96. The van der Waals surface area contributed by atoms with Gasteiger partial charge in [0.05, 0.1) is 5.52 Å². The van der Waals surface area contributed by atoms with Gasteiger partial charge in [0.1, 0.15) is 5.75 Å². The molecule has 0 amide bonds. The topological polar surface area (TPSA) is 36.0 Å². The predicted molar refractivity (Wildman–Crippen MR) is 62.2 cm³/mol. The van der Waals surface area contributed by atoms with Gasteiger partial charge >= 0.3 is 0 Å². The molecule has 0 aliphatic carbocycles. The van der Waals surface area contributed by atoms with Gasteiger partial charge in [0.25, 0.3) is 0 Å². The fraction of sp³-hybridized carbons (Fsp3) is 0.0769. The molecular weight excluding hydrogens is 186 g/mol.